The molecular weight excluding hydrogens is 353 g/mol. The van der Waals surface area contributed by atoms with Crippen LogP contribution in [-0.2, 0) is 15.9 Å². The van der Waals surface area contributed by atoms with Crippen LogP contribution in [0.3, 0.4) is 0 Å². The summed E-state index contributed by atoms with van der Waals surface area (Å²) in [6, 6.07) is 14.1. The minimum atomic E-state index is -2.91. The van der Waals surface area contributed by atoms with Gasteiger partial charge in [0.25, 0.3) is 0 Å². The maximum atomic E-state index is 12.6. The van der Waals surface area contributed by atoms with Crippen LogP contribution in [0.5, 0.6) is 11.5 Å². The van der Waals surface area contributed by atoms with Gasteiger partial charge in [0, 0.05) is 11.5 Å². The van der Waals surface area contributed by atoms with Crippen molar-refractivity contribution in [1.29, 1.82) is 0 Å². The highest BCUT2D eigenvalue weighted by molar-refractivity contribution is 6.63. The summed E-state index contributed by atoms with van der Waals surface area (Å²) in [5.41, 5.74) is 0.544. The predicted octanol–water partition coefficient (Wildman–Crippen LogP) is 4.17. The zero-order chi connectivity index (χ0) is 19.7. The minimum absolute atomic E-state index is 0.0216. The summed E-state index contributed by atoms with van der Waals surface area (Å²) in [5.74, 6) is 0.406. The molecule has 0 spiro atoms. The Bertz CT molecular complexity index is 765. The fraction of sp³-hybridized carbons (Fsp3) is 0.400. The van der Waals surface area contributed by atoms with Gasteiger partial charge in [-0.15, -0.1) is 0 Å². The first kappa shape index (κ1) is 19.6. The van der Waals surface area contributed by atoms with Gasteiger partial charge in [0.2, 0.25) is 0 Å². The molecule has 0 amide bonds. The second-order valence-corrected chi connectivity index (χ2v) is 7.44. The standard InChI is InChI=1S/C20H23BF2O4/c1-19(2)20(3,4)27-21(26-19)16-11-10-15(25-18(22)23)12-17(16)24-13-14-8-6-5-7-9-14/h5-12,18H,13H2,1-4H3. The first-order valence-corrected chi connectivity index (χ1v) is 8.79. The molecule has 0 N–H and O–H groups in total. The molecule has 4 nitrogen and oxygen atoms in total. The van der Waals surface area contributed by atoms with Gasteiger partial charge in [0.1, 0.15) is 18.1 Å². The van der Waals surface area contributed by atoms with Gasteiger partial charge < -0.3 is 18.8 Å². The first-order chi connectivity index (χ1) is 12.7. The summed E-state index contributed by atoms with van der Waals surface area (Å²) in [4.78, 5) is 0. The lowest BCUT2D eigenvalue weighted by Gasteiger charge is -2.32. The zero-order valence-corrected chi connectivity index (χ0v) is 15.9. The molecule has 27 heavy (non-hydrogen) atoms. The Labute approximate surface area is 158 Å². The summed E-state index contributed by atoms with van der Waals surface area (Å²) >= 11 is 0. The summed E-state index contributed by atoms with van der Waals surface area (Å²) in [7, 11) is -0.665. The van der Waals surface area contributed by atoms with Crippen molar-refractivity contribution in [2.75, 3.05) is 0 Å². The Kier molecular flexibility index (Phi) is 5.44. The topological polar surface area (TPSA) is 36.9 Å². The van der Waals surface area contributed by atoms with Gasteiger partial charge in [-0.3, -0.25) is 0 Å². The van der Waals surface area contributed by atoms with Gasteiger partial charge in [-0.1, -0.05) is 36.4 Å². The molecule has 0 bridgehead atoms. The van der Waals surface area contributed by atoms with Crippen LogP contribution in [0.1, 0.15) is 33.3 Å². The van der Waals surface area contributed by atoms with Gasteiger partial charge in [-0.25, -0.2) is 0 Å². The van der Waals surface area contributed by atoms with E-state index in [1.807, 2.05) is 58.0 Å². The molecule has 7 heteroatoms. The highest BCUT2D eigenvalue weighted by atomic mass is 19.3. The van der Waals surface area contributed by atoms with Crippen LogP contribution < -0.4 is 14.9 Å². The molecule has 0 saturated carbocycles. The van der Waals surface area contributed by atoms with Gasteiger partial charge in [0.15, 0.2) is 0 Å². The summed E-state index contributed by atoms with van der Waals surface area (Å²) < 4.78 is 47.8. The fourth-order valence-corrected chi connectivity index (χ4v) is 2.72. The first-order valence-electron chi connectivity index (χ1n) is 8.79. The van der Waals surface area contributed by atoms with Gasteiger partial charge >= 0.3 is 13.7 Å². The van der Waals surface area contributed by atoms with Crippen molar-refractivity contribution in [3.05, 3.63) is 54.1 Å². The van der Waals surface area contributed by atoms with Gasteiger partial charge in [-0.05, 0) is 39.3 Å². The Balaban J connectivity index is 1.88. The van der Waals surface area contributed by atoms with Crippen molar-refractivity contribution in [2.45, 2.75) is 52.1 Å². The van der Waals surface area contributed by atoms with E-state index in [2.05, 4.69) is 4.74 Å². The number of alkyl halides is 2. The number of hydrogen-bond donors (Lipinski definition) is 0. The Hall–Kier alpha value is -2.12. The Morgan fingerprint density at radius 1 is 0.963 bits per heavy atom. The molecular formula is C20H23BF2O4. The minimum Gasteiger partial charge on any atom is -0.489 e. The van der Waals surface area contributed by atoms with Crippen LogP contribution >= 0.6 is 0 Å². The molecule has 3 rings (SSSR count). The van der Waals surface area contributed by atoms with Crippen molar-refractivity contribution >= 4 is 12.6 Å². The summed E-state index contributed by atoms with van der Waals surface area (Å²) in [6.45, 7) is 5.18. The lowest BCUT2D eigenvalue weighted by atomic mass is 9.78. The third-order valence-electron chi connectivity index (χ3n) is 4.95. The van der Waals surface area contributed by atoms with Gasteiger partial charge in [-0.2, -0.15) is 8.78 Å². The SMILES string of the molecule is CC1(C)OB(c2ccc(OC(F)F)cc2OCc2ccccc2)OC1(C)C. The van der Waals surface area contributed by atoms with Crippen LogP contribution in [0.4, 0.5) is 8.78 Å². The van der Waals surface area contributed by atoms with E-state index in [0.717, 1.165) is 5.56 Å². The van der Waals surface area contributed by atoms with Gasteiger partial charge in [0.05, 0.1) is 11.2 Å². The van der Waals surface area contributed by atoms with Crippen LogP contribution in [-0.4, -0.2) is 24.9 Å². The molecule has 1 aliphatic rings. The van der Waals surface area contributed by atoms with E-state index in [0.29, 0.717) is 11.2 Å². The van der Waals surface area contributed by atoms with Crippen LogP contribution in [0, 0.1) is 0 Å². The maximum absolute atomic E-state index is 12.6. The molecule has 2 aromatic rings. The number of benzene rings is 2. The average Bonchev–Trinajstić information content (AvgIpc) is 2.81. The molecule has 1 heterocycles. The molecule has 0 atom stereocenters. The lowest BCUT2D eigenvalue weighted by molar-refractivity contribution is -0.0499. The van der Waals surface area contributed by atoms with E-state index in [1.54, 1.807) is 6.07 Å². The number of rotatable bonds is 6. The van der Waals surface area contributed by atoms with Crippen molar-refractivity contribution in [3.8, 4) is 11.5 Å². The quantitative estimate of drug-likeness (QED) is 0.710. The van der Waals surface area contributed by atoms with Crippen molar-refractivity contribution in [1.82, 2.24) is 0 Å². The molecule has 1 aliphatic heterocycles. The lowest BCUT2D eigenvalue weighted by Crippen LogP contribution is -2.41. The maximum Gasteiger partial charge on any atom is 0.498 e. The molecule has 0 aliphatic carbocycles. The average molecular weight is 376 g/mol. The zero-order valence-electron chi connectivity index (χ0n) is 15.9. The second kappa shape index (κ2) is 7.48. The Morgan fingerprint density at radius 2 is 1.59 bits per heavy atom. The number of ether oxygens (including phenoxy) is 2. The van der Waals surface area contributed by atoms with Crippen molar-refractivity contribution in [3.63, 3.8) is 0 Å². The summed E-state index contributed by atoms with van der Waals surface area (Å²) in [6.07, 6.45) is 0. The van der Waals surface area contributed by atoms with E-state index in [4.69, 9.17) is 14.0 Å². The van der Waals surface area contributed by atoms with E-state index >= 15 is 0 Å². The molecule has 144 valence electrons. The monoisotopic (exact) mass is 376 g/mol. The smallest absolute Gasteiger partial charge is 0.489 e. The summed E-state index contributed by atoms with van der Waals surface area (Å²) in [5, 5.41) is 0. The third kappa shape index (κ3) is 4.42. The van der Waals surface area contributed by atoms with Crippen LogP contribution in [0.15, 0.2) is 48.5 Å². The highest BCUT2D eigenvalue weighted by Crippen LogP contribution is 2.37. The highest BCUT2D eigenvalue weighted by Gasteiger charge is 2.52. The van der Waals surface area contributed by atoms with E-state index in [-0.39, 0.29) is 12.4 Å². The molecule has 0 unspecified atom stereocenters. The van der Waals surface area contributed by atoms with E-state index in [9.17, 15) is 8.78 Å². The van der Waals surface area contributed by atoms with Crippen molar-refractivity contribution < 1.29 is 27.6 Å². The van der Waals surface area contributed by atoms with Crippen LogP contribution in [0.2, 0.25) is 0 Å². The molecule has 0 aromatic heterocycles. The third-order valence-corrected chi connectivity index (χ3v) is 4.95. The number of hydrogen-bond acceptors (Lipinski definition) is 4. The predicted molar refractivity (Wildman–Crippen MR) is 99.6 cm³/mol. The normalized spacial score (nSPS) is 18.0. The molecule has 1 saturated heterocycles. The molecule has 2 aromatic carbocycles. The van der Waals surface area contributed by atoms with E-state index in [1.165, 1.54) is 12.1 Å². The van der Waals surface area contributed by atoms with Crippen LogP contribution in [0.25, 0.3) is 0 Å². The fourth-order valence-electron chi connectivity index (χ4n) is 2.72. The Morgan fingerprint density at radius 3 is 2.19 bits per heavy atom. The van der Waals surface area contributed by atoms with Crippen molar-refractivity contribution in [2.24, 2.45) is 0 Å². The van der Waals surface area contributed by atoms with E-state index < -0.39 is 24.9 Å². The largest absolute Gasteiger partial charge is 0.498 e. The molecule has 0 radical (unpaired) electrons. The molecule has 1 fully saturated rings. The number of halogens is 2. The second-order valence-electron chi connectivity index (χ2n) is 7.44.